The molecule has 2 aromatic rings. The van der Waals surface area contributed by atoms with Crippen molar-refractivity contribution in [3.8, 4) is 11.4 Å². The third kappa shape index (κ3) is 1.64. The van der Waals surface area contributed by atoms with Crippen molar-refractivity contribution >= 4 is 0 Å². The van der Waals surface area contributed by atoms with Crippen molar-refractivity contribution in [1.29, 1.82) is 0 Å². The molecule has 13 heavy (non-hydrogen) atoms. The van der Waals surface area contributed by atoms with E-state index in [2.05, 4.69) is 20.4 Å². The predicted molar refractivity (Wildman–Crippen MR) is 44.2 cm³/mol. The molecule has 0 aromatic carbocycles. The first-order chi connectivity index (χ1) is 6.36. The summed E-state index contributed by atoms with van der Waals surface area (Å²) in [5.74, 6) is 0.545. The van der Waals surface area contributed by atoms with E-state index in [9.17, 15) is 0 Å². The Bertz CT molecular complexity index is 383. The molecular weight excluding hydrogens is 166 g/mol. The van der Waals surface area contributed by atoms with E-state index in [1.807, 2.05) is 36.1 Å². The lowest BCUT2D eigenvalue weighted by molar-refractivity contribution is -0.671. The molecule has 0 unspecified atom stereocenters. The van der Waals surface area contributed by atoms with Crippen molar-refractivity contribution in [1.82, 2.24) is 20.4 Å². The number of hydrogen-bond donors (Lipinski definition) is 0. The maximum atomic E-state index is 3.85. The predicted octanol–water partition coefficient (Wildman–Crippen LogP) is -0.242. The van der Waals surface area contributed by atoms with Crippen molar-refractivity contribution < 1.29 is 4.57 Å². The molecule has 0 atom stereocenters. The van der Waals surface area contributed by atoms with Gasteiger partial charge in [0.1, 0.15) is 7.05 Å². The van der Waals surface area contributed by atoms with Gasteiger partial charge in [0.2, 0.25) is 5.82 Å². The Hall–Kier alpha value is -1.91. The first-order valence-corrected chi connectivity index (χ1v) is 3.82. The number of nitrogens with zero attached hydrogens (tertiary/aromatic N) is 5. The number of aryl methyl sites for hydroxylation is 1. The highest BCUT2D eigenvalue weighted by molar-refractivity contribution is 5.51. The van der Waals surface area contributed by atoms with Crippen LogP contribution < -0.4 is 4.57 Å². The Kier molecular flexibility index (Phi) is 1.91. The van der Waals surface area contributed by atoms with Crippen LogP contribution in [0.3, 0.4) is 0 Å². The van der Waals surface area contributed by atoms with Gasteiger partial charge in [-0.15, -0.1) is 20.4 Å². The molecule has 2 rings (SSSR count). The van der Waals surface area contributed by atoms with E-state index in [0.717, 1.165) is 5.56 Å². The molecule has 0 bridgehead atoms. The summed E-state index contributed by atoms with van der Waals surface area (Å²) in [5, 5.41) is 15.0. The Balaban J connectivity index is 2.42. The summed E-state index contributed by atoms with van der Waals surface area (Å²) in [6, 6.07) is 3.83. The topological polar surface area (TPSA) is 55.4 Å². The lowest BCUT2D eigenvalue weighted by Crippen LogP contribution is -2.25. The summed E-state index contributed by atoms with van der Waals surface area (Å²) in [6.45, 7) is 0. The average molecular weight is 174 g/mol. The van der Waals surface area contributed by atoms with Gasteiger partial charge in [-0.1, -0.05) is 0 Å². The summed E-state index contributed by atoms with van der Waals surface area (Å²) in [5.41, 5.74) is 0.915. The second kappa shape index (κ2) is 3.22. The van der Waals surface area contributed by atoms with Gasteiger partial charge in [0.05, 0.1) is 0 Å². The minimum Gasteiger partial charge on any atom is -0.208 e. The van der Waals surface area contributed by atoms with Crippen LogP contribution in [-0.2, 0) is 7.05 Å². The molecule has 64 valence electrons. The normalized spacial score (nSPS) is 9.92. The lowest BCUT2D eigenvalue weighted by Gasteiger charge is -1.93. The van der Waals surface area contributed by atoms with Gasteiger partial charge in [-0.3, -0.25) is 0 Å². The monoisotopic (exact) mass is 174 g/mol. The zero-order chi connectivity index (χ0) is 9.10. The van der Waals surface area contributed by atoms with E-state index in [1.165, 1.54) is 6.33 Å². The Labute approximate surface area is 75.1 Å². The molecular formula is C8H8N5+. The summed E-state index contributed by atoms with van der Waals surface area (Å²) >= 11 is 0. The fraction of sp³-hybridized carbons (Fsp3) is 0.125. The first-order valence-electron chi connectivity index (χ1n) is 3.82. The number of aromatic nitrogens is 5. The molecule has 2 heterocycles. The molecule has 0 saturated carbocycles. The number of hydrogen-bond acceptors (Lipinski definition) is 4. The van der Waals surface area contributed by atoms with E-state index in [1.54, 1.807) is 0 Å². The highest BCUT2D eigenvalue weighted by atomic mass is 15.3. The SMILES string of the molecule is C[n+]1ccc(-c2nncnn2)cc1. The largest absolute Gasteiger partial charge is 0.208 e. The van der Waals surface area contributed by atoms with E-state index >= 15 is 0 Å². The highest BCUT2D eigenvalue weighted by Crippen LogP contribution is 2.08. The molecule has 5 nitrogen and oxygen atoms in total. The van der Waals surface area contributed by atoms with Crippen LogP contribution >= 0.6 is 0 Å². The van der Waals surface area contributed by atoms with Crippen LogP contribution in [-0.4, -0.2) is 20.4 Å². The van der Waals surface area contributed by atoms with Crippen LogP contribution in [0.1, 0.15) is 0 Å². The van der Waals surface area contributed by atoms with Crippen molar-refractivity contribution in [2.45, 2.75) is 0 Å². The van der Waals surface area contributed by atoms with Crippen molar-refractivity contribution in [3.63, 3.8) is 0 Å². The van der Waals surface area contributed by atoms with Crippen molar-refractivity contribution in [3.05, 3.63) is 30.9 Å². The van der Waals surface area contributed by atoms with E-state index in [4.69, 9.17) is 0 Å². The Morgan fingerprint density at radius 3 is 2.31 bits per heavy atom. The molecule has 0 fully saturated rings. The van der Waals surface area contributed by atoms with Gasteiger partial charge in [0, 0.05) is 17.7 Å². The average Bonchev–Trinajstić information content (AvgIpc) is 2.20. The number of rotatable bonds is 1. The van der Waals surface area contributed by atoms with Gasteiger partial charge in [-0.05, 0) is 0 Å². The third-order valence-electron chi connectivity index (χ3n) is 1.64. The molecule has 0 aliphatic rings. The lowest BCUT2D eigenvalue weighted by atomic mass is 10.2. The van der Waals surface area contributed by atoms with Crippen LogP contribution in [0.5, 0.6) is 0 Å². The van der Waals surface area contributed by atoms with E-state index < -0.39 is 0 Å². The molecule has 0 aliphatic carbocycles. The van der Waals surface area contributed by atoms with Gasteiger partial charge in [0.15, 0.2) is 18.7 Å². The van der Waals surface area contributed by atoms with Crippen molar-refractivity contribution in [2.24, 2.45) is 7.05 Å². The fourth-order valence-electron chi connectivity index (χ4n) is 0.970. The molecule has 2 aromatic heterocycles. The van der Waals surface area contributed by atoms with Crippen molar-refractivity contribution in [2.75, 3.05) is 0 Å². The molecule has 0 radical (unpaired) electrons. The third-order valence-corrected chi connectivity index (χ3v) is 1.64. The van der Waals surface area contributed by atoms with Gasteiger partial charge < -0.3 is 0 Å². The molecule has 0 spiro atoms. The highest BCUT2D eigenvalue weighted by Gasteiger charge is 2.02. The van der Waals surface area contributed by atoms with Gasteiger partial charge in [0.25, 0.3) is 0 Å². The molecule has 0 aliphatic heterocycles. The smallest absolute Gasteiger partial charge is 0.204 e. The summed E-state index contributed by atoms with van der Waals surface area (Å²) in [6.07, 6.45) is 5.16. The zero-order valence-electron chi connectivity index (χ0n) is 7.12. The van der Waals surface area contributed by atoms with E-state index in [-0.39, 0.29) is 0 Å². The summed E-state index contributed by atoms with van der Waals surface area (Å²) in [4.78, 5) is 0. The zero-order valence-corrected chi connectivity index (χ0v) is 7.12. The minimum atomic E-state index is 0.545. The number of pyridine rings is 1. The van der Waals surface area contributed by atoms with Crippen LogP contribution in [0, 0.1) is 0 Å². The molecule has 0 amide bonds. The first kappa shape index (κ1) is 7.72. The molecule has 5 heteroatoms. The van der Waals surface area contributed by atoms with Gasteiger partial charge >= 0.3 is 0 Å². The quantitative estimate of drug-likeness (QED) is 0.560. The standard InChI is InChI=1S/C8H8N5/c1-13-4-2-7(3-5-13)8-11-9-6-10-12-8/h2-6H,1H3/q+1. The van der Waals surface area contributed by atoms with E-state index in [0.29, 0.717) is 5.82 Å². The maximum absolute atomic E-state index is 3.85. The van der Waals surface area contributed by atoms with Crippen LogP contribution in [0.15, 0.2) is 30.9 Å². The van der Waals surface area contributed by atoms with Crippen LogP contribution in [0.2, 0.25) is 0 Å². The second-order valence-electron chi connectivity index (χ2n) is 2.62. The molecule has 0 N–H and O–H groups in total. The van der Waals surface area contributed by atoms with Crippen LogP contribution in [0.4, 0.5) is 0 Å². The van der Waals surface area contributed by atoms with Gasteiger partial charge in [-0.2, -0.15) is 0 Å². The maximum Gasteiger partial charge on any atom is 0.204 e. The minimum absolute atomic E-state index is 0.545. The second-order valence-corrected chi connectivity index (χ2v) is 2.62. The molecule has 0 saturated heterocycles. The summed E-state index contributed by atoms with van der Waals surface area (Å²) in [7, 11) is 1.95. The fourth-order valence-corrected chi connectivity index (χ4v) is 0.970. The van der Waals surface area contributed by atoms with Gasteiger partial charge in [-0.25, -0.2) is 4.57 Å². The Morgan fingerprint density at radius 1 is 1.08 bits per heavy atom. The summed E-state index contributed by atoms with van der Waals surface area (Å²) < 4.78 is 1.94. The van der Waals surface area contributed by atoms with Crippen LogP contribution in [0.25, 0.3) is 11.4 Å². The Morgan fingerprint density at radius 2 is 1.69 bits per heavy atom.